The van der Waals surface area contributed by atoms with Gasteiger partial charge in [0.15, 0.2) is 0 Å². The molecule has 2 aromatic carbocycles. The number of anilines is 2. The van der Waals surface area contributed by atoms with Crippen LogP contribution in [0.3, 0.4) is 0 Å². The van der Waals surface area contributed by atoms with Gasteiger partial charge in [-0.2, -0.15) is 0 Å². The van der Waals surface area contributed by atoms with Crippen LogP contribution in [0, 0.1) is 0 Å². The number of para-hydroxylation sites is 1. The Bertz CT molecular complexity index is 903. The van der Waals surface area contributed by atoms with Crippen molar-refractivity contribution >= 4 is 29.1 Å². The number of benzene rings is 2. The Morgan fingerprint density at radius 1 is 1.04 bits per heavy atom. The molecule has 0 atom stereocenters. The van der Waals surface area contributed by atoms with Gasteiger partial charge in [-0.3, -0.25) is 14.4 Å². The van der Waals surface area contributed by atoms with Crippen molar-refractivity contribution in [2.75, 3.05) is 16.8 Å². The molecule has 1 aliphatic heterocycles. The third-order valence-corrected chi connectivity index (χ3v) is 5.04. The van der Waals surface area contributed by atoms with Crippen molar-refractivity contribution in [2.45, 2.75) is 38.1 Å². The topological polar surface area (TPSA) is 78.5 Å². The average molecular weight is 377 g/mol. The summed E-state index contributed by atoms with van der Waals surface area (Å²) >= 11 is 0. The quantitative estimate of drug-likeness (QED) is 0.812. The molecule has 0 aromatic heterocycles. The van der Waals surface area contributed by atoms with Crippen LogP contribution in [0.15, 0.2) is 48.5 Å². The van der Waals surface area contributed by atoms with E-state index in [0.29, 0.717) is 17.7 Å². The summed E-state index contributed by atoms with van der Waals surface area (Å²) < 4.78 is 0. The fourth-order valence-corrected chi connectivity index (χ4v) is 3.38. The standard InChI is InChI=1S/C22H23N3O3/c26-20(14-15-7-11-17(12-8-15)25-13-3-6-21(25)27)24-19-5-2-1-4-18(19)22(28)23-16-9-10-16/h1-2,4-5,7-8,11-12,16H,3,6,9-10,13-14H2,(H,23,28)(H,24,26). The molecular formula is C22H23N3O3. The van der Waals surface area contributed by atoms with E-state index < -0.39 is 0 Å². The van der Waals surface area contributed by atoms with E-state index in [4.69, 9.17) is 0 Å². The first-order chi connectivity index (χ1) is 13.6. The third-order valence-electron chi connectivity index (χ3n) is 5.04. The van der Waals surface area contributed by atoms with Gasteiger partial charge < -0.3 is 15.5 Å². The van der Waals surface area contributed by atoms with Crippen molar-refractivity contribution < 1.29 is 14.4 Å². The molecule has 0 bridgehead atoms. The zero-order valence-electron chi connectivity index (χ0n) is 15.6. The van der Waals surface area contributed by atoms with Crippen molar-refractivity contribution in [3.05, 3.63) is 59.7 Å². The van der Waals surface area contributed by atoms with Gasteiger partial charge in [0, 0.05) is 24.7 Å². The Morgan fingerprint density at radius 2 is 1.79 bits per heavy atom. The van der Waals surface area contributed by atoms with Crippen molar-refractivity contribution in [1.29, 1.82) is 0 Å². The molecule has 2 aliphatic rings. The fourth-order valence-electron chi connectivity index (χ4n) is 3.38. The van der Waals surface area contributed by atoms with Crippen molar-refractivity contribution in [2.24, 2.45) is 0 Å². The number of carbonyl (C=O) groups excluding carboxylic acids is 3. The van der Waals surface area contributed by atoms with Gasteiger partial charge in [0.25, 0.3) is 5.91 Å². The highest BCUT2D eigenvalue weighted by atomic mass is 16.2. The average Bonchev–Trinajstić information content (AvgIpc) is 3.40. The number of amides is 3. The second-order valence-electron chi connectivity index (χ2n) is 7.33. The number of hydrogen-bond acceptors (Lipinski definition) is 3. The molecule has 1 saturated carbocycles. The van der Waals surface area contributed by atoms with Gasteiger partial charge in [0.05, 0.1) is 17.7 Å². The lowest BCUT2D eigenvalue weighted by Crippen LogP contribution is -2.27. The Kier molecular flexibility index (Phi) is 5.10. The normalized spacial score (nSPS) is 16.1. The molecule has 0 unspecified atom stereocenters. The number of nitrogens with zero attached hydrogens (tertiary/aromatic N) is 1. The van der Waals surface area contributed by atoms with Crippen LogP contribution in [-0.4, -0.2) is 30.3 Å². The maximum absolute atomic E-state index is 12.5. The fraction of sp³-hybridized carbons (Fsp3) is 0.318. The van der Waals surface area contributed by atoms with Gasteiger partial charge in [0.1, 0.15) is 0 Å². The lowest BCUT2D eigenvalue weighted by atomic mass is 10.1. The Hall–Kier alpha value is -3.15. The zero-order chi connectivity index (χ0) is 19.5. The first-order valence-corrected chi connectivity index (χ1v) is 9.69. The summed E-state index contributed by atoms with van der Waals surface area (Å²) in [4.78, 5) is 38.4. The second kappa shape index (κ2) is 7.84. The minimum absolute atomic E-state index is 0.145. The summed E-state index contributed by atoms with van der Waals surface area (Å²) in [5, 5.41) is 5.79. The number of nitrogens with one attached hydrogen (secondary N) is 2. The molecule has 0 spiro atoms. The maximum atomic E-state index is 12.5. The lowest BCUT2D eigenvalue weighted by Gasteiger charge is -2.16. The van der Waals surface area contributed by atoms with E-state index in [9.17, 15) is 14.4 Å². The van der Waals surface area contributed by atoms with E-state index in [1.807, 2.05) is 24.3 Å². The highest BCUT2D eigenvalue weighted by Gasteiger charge is 2.25. The van der Waals surface area contributed by atoms with Gasteiger partial charge in [-0.25, -0.2) is 0 Å². The van der Waals surface area contributed by atoms with Gasteiger partial charge in [0.2, 0.25) is 11.8 Å². The van der Waals surface area contributed by atoms with Gasteiger partial charge in [-0.05, 0) is 49.1 Å². The molecule has 4 rings (SSSR count). The molecule has 2 N–H and O–H groups in total. The van der Waals surface area contributed by atoms with Crippen molar-refractivity contribution in [3.8, 4) is 0 Å². The predicted octanol–water partition coefficient (Wildman–Crippen LogP) is 2.89. The smallest absolute Gasteiger partial charge is 0.253 e. The highest BCUT2D eigenvalue weighted by Crippen LogP contribution is 2.23. The van der Waals surface area contributed by atoms with Crippen molar-refractivity contribution in [1.82, 2.24) is 5.32 Å². The Morgan fingerprint density at radius 3 is 2.46 bits per heavy atom. The van der Waals surface area contributed by atoms with E-state index >= 15 is 0 Å². The summed E-state index contributed by atoms with van der Waals surface area (Å²) in [6.45, 7) is 0.748. The first-order valence-electron chi connectivity index (χ1n) is 9.69. The second-order valence-corrected chi connectivity index (χ2v) is 7.33. The minimum atomic E-state index is -0.184. The SMILES string of the molecule is O=C(Cc1ccc(N2CCCC2=O)cc1)Nc1ccccc1C(=O)NC1CC1. The monoisotopic (exact) mass is 377 g/mol. The van der Waals surface area contributed by atoms with Crippen LogP contribution in [0.5, 0.6) is 0 Å². The van der Waals surface area contributed by atoms with E-state index in [1.54, 1.807) is 29.2 Å². The van der Waals surface area contributed by atoms with Crippen LogP contribution in [0.1, 0.15) is 41.6 Å². The molecule has 2 fully saturated rings. The van der Waals surface area contributed by atoms with Crippen LogP contribution >= 0.6 is 0 Å². The van der Waals surface area contributed by atoms with E-state index in [1.165, 1.54) is 0 Å². The zero-order valence-corrected chi connectivity index (χ0v) is 15.6. The number of carbonyl (C=O) groups is 3. The summed E-state index contributed by atoms with van der Waals surface area (Å²) in [5.41, 5.74) is 2.72. The van der Waals surface area contributed by atoms with Crippen LogP contribution in [0.4, 0.5) is 11.4 Å². The van der Waals surface area contributed by atoms with E-state index in [-0.39, 0.29) is 30.2 Å². The predicted molar refractivity (Wildman–Crippen MR) is 107 cm³/mol. The maximum Gasteiger partial charge on any atom is 0.253 e. The van der Waals surface area contributed by atoms with Gasteiger partial charge in [-0.1, -0.05) is 24.3 Å². The lowest BCUT2D eigenvalue weighted by molar-refractivity contribution is -0.117. The summed E-state index contributed by atoms with van der Waals surface area (Å²) in [7, 11) is 0. The molecule has 0 radical (unpaired) electrons. The molecular weight excluding hydrogens is 354 g/mol. The first kappa shape index (κ1) is 18.2. The molecule has 6 heteroatoms. The summed E-state index contributed by atoms with van der Waals surface area (Å²) in [6, 6.07) is 14.8. The van der Waals surface area contributed by atoms with Gasteiger partial charge in [-0.15, -0.1) is 0 Å². The van der Waals surface area contributed by atoms with E-state index in [0.717, 1.165) is 37.1 Å². The number of rotatable bonds is 6. The van der Waals surface area contributed by atoms with Crippen LogP contribution in [-0.2, 0) is 16.0 Å². The minimum Gasteiger partial charge on any atom is -0.349 e. The molecule has 1 heterocycles. The molecule has 6 nitrogen and oxygen atoms in total. The third kappa shape index (κ3) is 4.22. The molecule has 3 amide bonds. The molecule has 28 heavy (non-hydrogen) atoms. The number of hydrogen-bond donors (Lipinski definition) is 2. The van der Waals surface area contributed by atoms with Crippen LogP contribution in [0.2, 0.25) is 0 Å². The Labute approximate surface area is 163 Å². The van der Waals surface area contributed by atoms with E-state index in [2.05, 4.69) is 10.6 Å². The molecule has 1 saturated heterocycles. The molecule has 1 aliphatic carbocycles. The molecule has 2 aromatic rings. The largest absolute Gasteiger partial charge is 0.349 e. The van der Waals surface area contributed by atoms with Gasteiger partial charge >= 0.3 is 0 Å². The van der Waals surface area contributed by atoms with Crippen LogP contribution in [0.25, 0.3) is 0 Å². The van der Waals surface area contributed by atoms with Crippen molar-refractivity contribution in [3.63, 3.8) is 0 Å². The van der Waals surface area contributed by atoms with Crippen LogP contribution < -0.4 is 15.5 Å². The highest BCUT2D eigenvalue weighted by molar-refractivity contribution is 6.04. The summed E-state index contributed by atoms with van der Waals surface area (Å²) in [5.74, 6) is -0.193. The summed E-state index contributed by atoms with van der Waals surface area (Å²) in [6.07, 6.45) is 3.71. The molecule has 144 valence electrons. The Balaban J connectivity index is 1.39.